The van der Waals surface area contributed by atoms with Crippen molar-refractivity contribution in [1.82, 2.24) is 9.66 Å². The van der Waals surface area contributed by atoms with Gasteiger partial charge in [0.15, 0.2) is 5.65 Å². The van der Waals surface area contributed by atoms with E-state index in [4.69, 9.17) is 0 Å². The van der Waals surface area contributed by atoms with E-state index in [1.807, 2.05) is 25.1 Å². The van der Waals surface area contributed by atoms with Gasteiger partial charge in [-0.15, -0.1) is 0 Å². The Hall–Kier alpha value is -1.84. The molecule has 0 aliphatic rings. The second kappa shape index (κ2) is 5.87. The molecule has 19 heavy (non-hydrogen) atoms. The van der Waals surface area contributed by atoms with Crippen molar-refractivity contribution in [2.24, 2.45) is 0 Å². The molecule has 0 radical (unpaired) electrons. The molecule has 0 atom stereocenters. The number of hydrogen-bond donors (Lipinski definition) is 0. The van der Waals surface area contributed by atoms with Gasteiger partial charge in [-0.2, -0.15) is 0 Å². The van der Waals surface area contributed by atoms with Crippen LogP contribution >= 0.6 is 0 Å². The minimum Gasteiger partial charge on any atom is -0.308 e. The molecule has 2 rings (SSSR count). The molecule has 2 aromatic rings. The van der Waals surface area contributed by atoms with Crippen molar-refractivity contribution in [2.45, 2.75) is 33.6 Å². The standard InChI is InChI=1S/C15H21N3O/c1-4-10-17(6-3)18-14-13(8-7-9-16-14)11-12(5-2)15(18)19/h7-9,11H,4-6,10H2,1-3H3. The van der Waals surface area contributed by atoms with Crippen LogP contribution in [-0.2, 0) is 6.42 Å². The molecule has 0 fully saturated rings. The third-order valence-corrected chi connectivity index (χ3v) is 3.32. The van der Waals surface area contributed by atoms with E-state index >= 15 is 0 Å². The highest BCUT2D eigenvalue weighted by molar-refractivity contribution is 5.75. The molecule has 2 aromatic heterocycles. The van der Waals surface area contributed by atoms with E-state index in [1.54, 1.807) is 10.9 Å². The second-order valence-corrected chi connectivity index (χ2v) is 4.60. The lowest BCUT2D eigenvalue weighted by molar-refractivity contribution is 0.585. The van der Waals surface area contributed by atoms with Crippen LogP contribution in [0.1, 0.15) is 32.8 Å². The molecule has 0 N–H and O–H groups in total. The fourth-order valence-electron chi connectivity index (χ4n) is 2.35. The Morgan fingerprint density at radius 3 is 2.74 bits per heavy atom. The molecule has 0 spiro atoms. The maximum atomic E-state index is 12.6. The number of nitrogens with zero attached hydrogens (tertiary/aromatic N) is 3. The van der Waals surface area contributed by atoms with Gasteiger partial charge in [-0.1, -0.05) is 13.8 Å². The Bertz CT molecular complexity index is 618. The van der Waals surface area contributed by atoms with Crippen molar-refractivity contribution in [2.75, 3.05) is 18.1 Å². The number of pyridine rings is 2. The maximum absolute atomic E-state index is 12.6. The summed E-state index contributed by atoms with van der Waals surface area (Å²) in [5, 5.41) is 3.09. The zero-order valence-electron chi connectivity index (χ0n) is 11.9. The topological polar surface area (TPSA) is 38.1 Å². The molecular weight excluding hydrogens is 238 g/mol. The van der Waals surface area contributed by atoms with Crippen LogP contribution in [0.25, 0.3) is 11.0 Å². The number of aryl methyl sites for hydroxylation is 1. The van der Waals surface area contributed by atoms with Crippen molar-refractivity contribution < 1.29 is 0 Å². The maximum Gasteiger partial charge on any atom is 0.274 e. The van der Waals surface area contributed by atoms with Crippen LogP contribution in [0, 0.1) is 0 Å². The molecule has 0 unspecified atom stereocenters. The Balaban J connectivity index is 2.74. The van der Waals surface area contributed by atoms with E-state index in [1.165, 1.54) is 0 Å². The monoisotopic (exact) mass is 259 g/mol. The summed E-state index contributed by atoms with van der Waals surface area (Å²) in [6, 6.07) is 5.88. The van der Waals surface area contributed by atoms with Crippen LogP contribution in [0.2, 0.25) is 0 Å². The van der Waals surface area contributed by atoms with Gasteiger partial charge in [-0.25, -0.2) is 9.66 Å². The summed E-state index contributed by atoms with van der Waals surface area (Å²) in [5.41, 5.74) is 1.65. The van der Waals surface area contributed by atoms with Gasteiger partial charge in [0.1, 0.15) is 0 Å². The molecular formula is C15H21N3O. The molecule has 0 aromatic carbocycles. The predicted molar refractivity (Wildman–Crippen MR) is 79.3 cm³/mol. The van der Waals surface area contributed by atoms with Gasteiger partial charge in [0.25, 0.3) is 5.56 Å². The average molecular weight is 259 g/mol. The molecule has 102 valence electrons. The molecule has 0 bridgehead atoms. The Kier molecular flexibility index (Phi) is 4.20. The molecule has 0 amide bonds. The van der Waals surface area contributed by atoms with E-state index in [2.05, 4.69) is 23.8 Å². The Morgan fingerprint density at radius 2 is 2.11 bits per heavy atom. The zero-order chi connectivity index (χ0) is 13.8. The van der Waals surface area contributed by atoms with Crippen molar-refractivity contribution in [3.8, 4) is 0 Å². The lowest BCUT2D eigenvalue weighted by atomic mass is 10.1. The zero-order valence-corrected chi connectivity index (χ0v) is 11.9. The second-order valence-electron chi connectivity index (χ2n) is 4.60. The van der Waals surface area contributed by atoms with E-state index in [9.17, 15) is 4.79 Å². The number of rotatable bonds is 5. The number of hydrogen-bond acceptors (Lipinski definition) is 3. The molecule has 2 heterocycles. The van der Waals surface area contributed by atoms with E-state index in [0.717, 1.165) is 42.5 Å². The normalized spacial score (nSPS) is 10.9. The van der Waals surface area contributed by atoms with Crippen LogP contribution in [0.15, 0.2) is 29.2 Å². The SMILES string of the molecule is CCCN(CC)n1c(=O)c(CC)cc2cccnc21. The van der Waals surface area contributed by atoms with Gasteiger partial charge < -0.3 is 5.01 Å². The third-order valence-electron chi connectivity index (χ3n) is 3.32. The summed E-state index contributed by atoms with van der Waals surface area (Å²) in [5.74, 6) is 0. The summed E-state index contributed by atoms with van der Waals surface area (Å²) < 4.78 is 1.75. The predicted octanol–water partition coefficient (Wildman–Crippen LogP) is 2.33. The van der Waals surface area contributed by atoms with E-state index in [0.29, 0.717) is 0 Å². The Labute approximate surface area is 113 Å². The first kappa shape index (κ1) is 13.6. The first-order valence-corrected chi connectivity index (χ1v) is 6.97. The third kappa shape index (κ3) is 2.48. The van der Waals surface area contributed by atoms with Crippen LogP contribution in [0.5, 0.6) is 0 Å². The highest BCUT2D eigenvalue weighted by Crippen LogP contribution is 2.11. The lowest BCUT2D eigenvalue weighted by Crippen LogP contribution is -2.44. The number of aromatic nitrogens is 2. The smallest absolute Gasteiger partial charge is 0.274 e. The van der Waals surface area contributed by atoms with Crippen LogP contribution in [0.3, 0.4) is 0 Å². The van der Waals surface area contributed by atoms with Crippen LogP contribution < -0.4 is 10.6 Å². The van der Waals surface area contributed by atoms with Gasteiger partial charge in [-0.05, 0) is 38.0 Å². The lowest BCUT2D eigenvalue weighted by Gasteiger charge is -2.26. The van der Waals surface area contributed by atoms with Gasteiger partial charge in [0.2, 0.25) is 0 Å². The summed E-state index contributed by atoms with van der Waals surface area (Å²) in [4.78, 5) is 17.0. The quantitative estimate of drug-likeness (QED) is 0.827. The average Bonchev–Trinajstić information content (AvgIpc) is 2.45. The minimum absolute atomic E-state index is 0.0593. The molecule has 0 saturated carbocycles. The largest absolute Gasteiger partial charge is 0.308 e. The van der Waals surface area contributed by atoms with Crippen molar-refractivity contribution in [1.29, 1.82) is 0 Å². The fourth-order valence-corrected chi connectivity index (χ4v) is 2.35. The van der Waals surface area contributed by atoms with Gasteiger partial charge in [0.05, 0.1) is 0 Å². The fraction of sp³-hybridized carbons (Fsp3) is 0.467. The van der Waals surface area contributed by atoms with Crippen LogP contribution in [0.4, 0.5) is 0 Å². The Morgan fingerprint density at radius 1 is 1.32 bits per heavy atom. The van der Waals surface area contributed by atoms with Crippen molar-refractivity contribution >= 4 is 11.0 Å². The number of fused-ring (bicyclic) bond motifs is 1. The van der Waals surface area contributed by atoms with Gasteiger partial charge >= 0.3 is 0 Å². The van der Waals surface area contributed by atoms with Crippen molar-refractivity contribution in [3.63, 3.8) is 0 Å². The summed E-state index contributed by atoms with van der Waals surface area (Å²) in [7, 11) is 0. The summed E-state index contributed by atoms with van der Waals surface area (Å²) >= 11 is 0. The minimum atomic E-state index is 0.0593. The highest BCUT2D eigenvalue weighted by atomic mass is 16.1. The van der Waals surface area contributed by atoms with E-state index in [-0.39, 0.29) is 5.56 Å². The van der Waals surface area contributed by atoms with Gasteiger partial charge in [0, 0.05) is 30.2 Å². The first-order valence-electron chi connectivity index (χ1n) is 6.97. The molecule has 0 saturated heterocycles. The molecule has 0 aliphatic carbocycles. The van der Waals surface area contributed by atoms with Crippen molar-refractivity contribution in [3.05, 3.63) is 40.3 Å². The molecule has 4 heteroatoms. The molecule has 4 nitrogen and oxygen atoms in total. The highest BCUT2D eigenvalue weighted by Gasteiger charge is 2.13. The summed E-state index contributed by atoms with van der Waals surface area (Å²) in [6.45, 7) is 7.85. The van der Waals surface area contributed by atoms with E-state index < -0.39 is 0 Å². The molecule has 0 aliphatic heterocycles. The van der Waals surface area contributed by atoms with Gasteiger partial charge in [-0.3, -0.25) is 4.79 Å². The summed E-state index contributed by atoms with van der Waals surface area (Å²) in [6.07, 6.45) is 3.49. The van der Waals surface area contributed by atoms with Crippen LogP contribution in [-0.4, -0.2) is 22.7 Å². The first-order chi connectivity index (χ1) is 9.22.